The fourth-order valence-electron chi connectivity index (χ4n) is 3.47. The van der Waals surface area contributed by atoms with Crippen molar-refractivity contribution in [3.8, 4) is 0 Å². The van der Waals surface area contributed by atoms with Crippen molar-refractivity contribution in [2.24, 2.45) is 0 Å². The summed E-state index contributed by atoms with van der Waals surface area (Å²) in [6, 6.07) is 10.9. The zero-order valence-corrected chi connectivity index (χ0v) is 13.1. The molecule has 0 aliphatic carbocycles. The van der Waals surface area contributed by atoms with Crippen LogP contribution < -0.4 is 0 Å². The molecule has 1 aliphatic heterocycles. The molecule has 0 radical (unpaired) electrons. The van der Waals surface area contributed by atoms with E-state index in [1.54, 1.807) is 0 Å². The minimum absolute atomic E-state index is 0.117. The first kappa shape index (κ1) is 15.5. The van der Waals surface area contributed by atoms with Gasteiger partial charge in [-0.05, 0) is 17.9 Å². The Hall–Kier alpha value is -0.860. The van der Waals surface area contributed by atoms with Crippen molar-refractivity contribution in [1.82, 2.24) is 0 Å². The highest BCUT2D eigenvalue weighted by Gasteiger charge is 2.32. The van der Waals surface area contributed by atoms with Gasteiger partial charge < -0.3 is 9.59 Å². The lowest BCUT2D eigenvalue weighted by molar-refractivity contribution is -0.917. The first-order chi connectivity index (χ1) is 9.63. The number of hydrogen-bond acceptors (Lipinski definition) is 1. The van der Waals surface area contributed by atoms with E-state index in [1.165, 1.54) is 37.9 Å². The number of piperidine rings is 1. The molecule has 0 amide bonds. The van der Waals surface area contributed by atoms with Crippen LogP contribution in [0.15, 0.2) is 30.3 Å². The van der Waals surface area contributed by atoms with Crippen LogP contribution in [0.3, 0.4) is 0 Å². The molecule has 1 saturated heterocycles. The largest absolute Gasteiger partial charge is 0.387 e. The highest BCUT2D eigenvalue weighted by Crippen LogP contribution is 2.30. The number of quaternary nitrogens is 1. The molecule has 0 saturated carbocycles. The Morgan fingerprint density at radius 1 is 1.20 bits per heavy atom. The number of aliphatic hydroxyl groups is 1. The van der Waals surface area contributed by atoms with Gasteiger partial charge in [-0.3, -0.25) is 0 Å². The Labute approximate surface area is 124 Å². The van der Waals surface area contributed by atoms with Gasteiger partial charge in [-0.1, -0.05) is 50.1 Å². The summed E-state index contributed by atoms with van der Waals surface area (Å²) >= 11 is 0. The number of benzene rings is 1. The van der Waals surface area contributed by atoms with Gasteiger partial charge in [0.1, 0.15) is 12.6 Å². The molecule has 1 fully saturated rings. The Morgan fingerprint density at radius 2 is 1.85 bits per heavy atom. The number of nitrogens with zero attached hydrogens (tertiary/aromatic N) is 1. The molecule has 1 atom stereocenters. The second-order valence-corrected chi connectivity index (χ2v) is 6.73. The standard InChI is InChI=1S/C18H30NO/c1-3-4-10-18(20)15-19(2)13-11-17(12-14-19)16-8-6-5-7-9-16/h5-9,17-18,20H,3-4,10-15H2,1-2H3/q+1/t17?,18-,19?/m1/s1. The van der Waals surface area contributed by atoms with E-state index in [4.69, 9.17) is 0 Å². The molecular weight excluding hydrogens is 246 g/mol. The molecule has 1 aromatic rings. The third kappa shape index (κ3) is 4.32. The van der Waals surface area contributed by atoms with E-state index in [0.717, 1.165) is 29.8 Å². The molecule has 20 heavy (non-hydrogen) atoms. The fourth-order valence-corrected chi connectivity index (χ4v) is 3.47. The van der Waals surface area contributed by atoms with E-state index in [-0.39, 0.29) is 6.10 Å². The lowest BCUT2D eigenvalue weighted by atomic mass is 9.88. The summed E-state index contributed by atoms with van der Waals surface area (Å²) in [6.07, 6.45) is 5.67. The van der Waals surface area contributed by atoms with Crippen molar-refractivity contribution < 1.29 is 9.59 Å². The average Bonchev–Trinajstić information content (AvgIpc) is 2.46. The number of likely N-dealkylation sites (N-methyl/N-ethyl adjacent to an activating group) is 1. The van der Waals surface area contributed by atoms with Gasteiger partial charge in [0.05, 0.1) is 20.1 Å². The van der Waals surface area contributed by atoms with Crippen LogP contribution in [-0.2, 0) is 0 Å². The minimum Gasteiger partial charge on any atom is -0.387 e. The summed E-state index contributed by atoms with van der Waals surface area (Å²) in [6.45, 7) is 5.52. The van der Waals surface area contributed by atoms with Crippen LogP contribution in [0.4, 0.5) is 0 Å². The van der Waals surface area contributed by atoms with Crippen molar-refractivity contribution in [3.63, 3.8) is 0 Å². The van der Waals surface area contributed by atoms with E-state index in [2.05, 4.69) is 44.3 Å². The summed E-state index contributed by atoms with van der Waals surface area (Å²) in [5.41, 5.74) is 1.49. The third-order valence-corrected chi connectivity index (χ3v) is 4.85. The number of likely N-dealkylation sites (tertiary alicyclic amines) is 1. The smallest absolute Gasteiger partial charge is 0.105 e. The zero-order chi connectivity index (χ0) is 14.4. The van der Waals surface area contributed by atoms with Gasteiger partial charge in [0.2, 0.25) is 0 Å². The second kappa shape index (κ2) is 7.24. The molecule has 2 nitrogen and oxygen atoms in total. The normalized spacial score (nSPS) is 28.2. The third-order valence-electron chi connectivity index (χ3n) is 4.85. The number of rotatable bonds is 6. The van der Waals surface area contributed by atoms with Gasteiger partial charge in [-0.2, -0.15) is 0 Å². The highest BCUT2D eigenvalue weighted by atomic mass is 16.3. The Balaban J connectivity index is 1.83. The topological polar surface area (TPSA) is 20.2 Å². The molecule has 0 spiro atoms. The maximum Gasteiger partial charge on any atom is 0.105 e. The quantitative estimate of drug-likeness (QED) is 0.788. The van der Waals surface area contributed by atoms with E-state index in [9.17, 15) is 5.11 Å². The second-order valence-electron chi connectivity index (χ2n) is 6.73. The van der Waals surface area contributed by atoms with Crippen molar-refractivity contribution in [2.45, 2.75) is 51.0 Å². The summed E-state index contributed by atoms with van der Waals surface area (Å²) < 4.78 is 1.05. The van der Waals surface area contributed by atoms with Crippen LogP contribution in [0.1, 0.15) is 50.5 Å². The van der Waals surface area contributed by atoms with Gasteiger partial charge in [0.25, 0.3) is 0 Å². The molecule has 0 aromatic heterocycles. The van der Waals surface area contributed by atoms with E-state index in [0.29, 0.717) is 0 Å². The van der Waals surface area contributed by atoms with Gasteiger partial charge in [0, 0.05) is 12.8 Å². The van der Waals surface area contributed by atoms with Gasteiger partial charge in [0.15, 0.2) is 0 Å². The molecule has 112 valence electrons. The first-order valence-electron chi connectivity index (χ1n) is 8.19. The Morgan fingerprint density at radius 3 is 2.45 bits per heavy atom. The molecule has 2 rings (SSSR count). The van der Waals surface area contributed by atoms with E-state index >= 15 is 0 Å². The molecular formula is C18H30NO+. The molecule has 1 aliphatic rings. The molecule has 0 bridgehead atoms. The summed E-state index contributed by atoms with van der Waals surface area (Å²) in [5, 5.41) is 10.2. The Bertz CT molecular complexity index is 382. The number of unbranched alkanes of at least 4 members (excludes halogenated alkanes) is 1. The maximum absolute atomic E-state index is 10.2. The minimum atomic E-state index is -0.117. The number of aliphatic hydroxyl groups excluding tert-OH is 1. The van der Waals surface area contributed by atoms with Crippen molar-refractivity contribution in [2.75, 3.05) is 26.7 Å². The number of hydrogen-bond donors (Lipinski definition) is 1. The predicted molar refractivity (Wildman–Crippen MR) is 84.7 cm³/mol. The summed E-state index contributed by atoms with van der Waals surface area (Å²) in [5.74, 6) is 0.718. The van der Waals surface area contributed by atoms with Crippen molar-refractivity contribution >= 4 is 0 Å². The van der Waals surface area contributed by atoms with Gasteiger partial charge >= 0.3 is 0 Å². The first-order valence-corrected chi connectivity index (χ1v) is 8.19. The SMILES string of the molecule is CCCC[C@@H](O)C[N+]1(C)CCC(c2ccccc2)CC1. The van der Waals surface area contributed by atoms with Gasteiger partial charge in [-0.15, -0.1) is 0 Å². The van der Waals surface area contributed by atoms with Crippen LogP contribution >= 0.6 is 0 Å². The molecule has 1 N–H and O–H groups in total. The van der Waals surface area contributed by atoms with E-state index < -0.39 is 0 Å². The molecule has 1 heterocycles. The van der Waals surface area contributed by atoms with Crippen molar-refractivity contribution in [1.29, 1.82) is 0 Å². The van der Waals surface area contributed by atoms with Crippen molar-refractivity contribution in [3.05, 3.63) is 35.9 Å². The maximum atomic E-state index is 10.2. The predicted octanol–water partition coefficient (Wildman–Crippen LogP) is 3.56. The Kier molecular flexibility index (Phi) is 5.62. The van der Waals surface area contributed by atoms with Crippen LogP contribution in [-0.4, -0.2) is 42.4 Å². The molecule has 0 unspecified atom stereocenters. The summed E-state index contributed by atoms with van der Waals surface area (Å²) in [4.78, 5) is 0. The van der Waals surface area contributed by atoms with Crippen LogP contribution in [0.2, 0.25) is 0 Å². The zero-order valence-electron chi connectivity index (χ0n) is 13.1. The van der Waals surface area contributed by atoms with E-state index in [1.807, 2.05) is 0 Å². The molecule has 2 heteroatoms. The fraction of sp³-hybridized carbons (Fsp3) is 0.667. The molecule has 1 aromatic carbocycles. The van der Waals surface area contributed by atoms with Gasteiger partial charge in [-0.25, -0.2) is 0 Å². The van der Waals surface area contributed by atoms with Crippen LogP contribution in [0, 0.1) is 0 Å². The summed E-state index contributed by atoms with van der Waals surface area (Å²) in [7, 11) is 2.32. The average molecular weight is 276 g/mol. The highest BCUT2D eigenvalue weighted by molar-refractivity contribution is 5.19. The lowest BCUT2D eigenvalue weighted by Crippen LogP contribution is -2.53. The monoisotopic (exact) mass is 276 g/mol. The van der Waals surface area contributed by atoms with Crippen LogP contribution in [0.25, 0.3) is 0 Å². The lowest BCUT2D eigenvalue weighted by Gasteiger charge is -2.42. The van der Waals surface area contributed by atoms with Crippen LogP contribution in [0.5, 0.6) is 0 Å².